The van der Waals surface area contributed by atoms with Gasteiger partial charge in [-0.25, -0.2) is 9.59 Å². The molecule has 0 unspecified atom stereocenters. The molecule has 8 heteroatoms. The van der Waals surface area contributed by atoms with Gasteiger partial charge in [0, 0.05) is 5.69 Å². The minimum atomic E-state index is -0.528. The number of amides is 3. The second-order valence-corrected chi connectivity index (χ2v) is 5.38. The Hall–Kier alpha value is -3.29. The van der Waals surface area contributed by atoms with Gasteiger partial charge in [-0.1, -0.05) is 6.92 Å². The molecule has 26 heavy (non-hydrogen) atoms. The normalized spacial score (nSPS) is 10.0. The minimum absolute atomic E-state index is 0.173. The summed E-state index contributed by atoms with van der Waals surface area (Å²) in [6.07, 6.45) is 2.27. The maximum atomic E-state index is 11.8. The fourth-order valence-electron chi connectivity index (χ4n) is 1.96. The topological polar surface area (TPSA) is 110 Å². The van der Waals surface area contributed by atoms with Crippen molar-refractivity contribution in [3.05, 3.63) is 54.0 Å². The van der Waals surface area contributed by atoms with Gasteiger partial charge in [0.15, 0.2) is 0 Å². The molecule has 3 N–H and O–H groups in total. The highest BCUT2D eigenvalue weighted by Crippen LogP contribution is 2.10. The van der Waals surface area contributed by atoms with E-state index in [2.05, 4.69) is 16.0 Å². The van der Waals surface area contributed by atoms with E-state index < -0.39 is 12.0 Å². The molecule has 2 aromatic rings. The lowest BCUT2D eigenvalue weighted by Gasteiger charge is -2.08. The van der Waals surface area contributed by atoms with Crippen molar-refractivity contribution in [3.8, 4) is 0 Å². The third-order valence-electron chi connectivity index (χ3n) is 3.27. The third kappa shape index (κ3) is 6.31. The predicted octanol–water partition coefficient (Wildman–Crippen LogP) is 2.28. The molecule has 3 amide bonds. The molecular formula is C18H21N3O5. The van der Waals surface area contributed by atoms with E-state index in [-0.39, 0.29) is 19.0 Å². The molecule has 0 aliphatic heterocycles. The largest absolute Gasteiger partial charge is 0.467 e. The van der Waals surface area contributed by atoms with E-state index in [1.54, 1.807) is 36.4 Å². The van der Waals surface area contributed by atoms with Crippen molar-refractivity contribution in [2.45, 2.75) is 19.9 Å². The van der Waals surface area contributed by atoms with Crippen LogP contribution in [0.5, 0.6) is 0 Å². The molecule has 138 valence electrons. The number of ether oxygens (including phenoxy) is 1. The summed E-state index contributed by atoms with van der Waals surface area (Å²) in [7, 11) is 0. The van der Waals surface area contributed by atoms with E-state index in [1.807, 2.05) is 6.92 Å². The number of hydrogen-bond acceptors (Lipinski definition) is 5. The first-order chi connectivity index (χ1) is 12.6. The number of esters is 1. The number of carbonyl (C=O) groups excluding carboxylic acids is 3. The zero-order valence-electron chi connectivity index (χ0n) is 14.4. The molecule has 0 saturated heterocycles. The first-order valence-electron chi connectivity index (χ1n) is 8.19. The van der Waals surface area contributed by atoms with E-state index >= 15 is 0 Å². The summed E-state index contributed by atoms with van der Waals surface area (Å²) >= 11 is 0. The summed E-state index contributed by atoms with van der Waals surface area (Å²) in [6.45, 7) is 2.36. The van der Waals surface area contributed by atoms with Crippen LogP contribution in [0.2, 0.25) is 0 Å². The Balaban J connectivity index is 1.71. The van der Waals surface area contributed by atoms with Crippen LogP contribution in [0.15, 0.2) is 47.1 Å². The fraction of sp³-hybridized carbons (Fsp3) is 0.278. The van der Waals surface area contributed by atoms with Crippen molar-refractivity contribution in [2.75, 3.05) is 18.5 Å². The van der Waals surface area contributed by atoms with Crippen LogP contribution in [0.4, 0.5) is 10.5 Å². The van der Waals surface area contributed by atoms with E-state index in [1.165, 1.54) is 6.26 Å². The number of urea groups is 1. The summed E-state index contributed by atoms with van der Waals surface area (Å²) in [5.41, 5.74) is 0.896. The Morgan fingerprint density at radius 1 is 1.08 bits per heavy atom. The van der Waals surface area contributed by atoms with E-state index in [9.17, 15) is 14.4 Å². The summed E-state index contributed by atoms with van der Waals surface area (Å²) in [6, 6.07) is 9.22. The smallest absolute Gasteiger partial charge is 0.338 e. The van der Waals surface area contributed by atoms with E-state index in [0.29, 0.717) is 23.6 Å². The molecule has 8 nitrogen and oxygen atoms in total. The molecule has 0 fully saturated rings. The molecule has 0 aliphatic rings. The summed E-state index contributed by atoms with van der Waals surface area (Å²) in [5, 5.41) is 7.63. The lowest BCUT2D eigenvalue weighted by Crippen LogP contribution is -2.38. The third-order valence-corrected chi connectivity index (χ3v) is 3.27. The molecule has 0 spiro atoms. The van der Waals surface area contributed by atoms with Crippen LogP contribution in [0.25, 0.3) is 0 Å². The van der Waals surface area contributed by atoms with Gasteiger partial charge in [0.2, 0.25) is 5.91 Å². The number of carbonyl (C=O) groups is 3. The van der Waals surface area contributed by atoms with Gasteiger partial charge in [0.25, 0.3) is 0 Å². The number of furan rings is 1. The molecule has 1 aromatic heterocycles. The number of benzene rings is 1. The highest BCUT2D eigenvalue weighted by atomic mass is 16.5. The molecular weight excluding hydrogens is 338 g/mol. The average molecular weight is 359 g/mol. The summed E-state index contributed by atoms with van der Waals surface area (Å²) < 4.78 is 10.1. The SMILES string of the molecule is CCCOC(=O)c1ccc(NC(=O)NCC(=O)NCc2ccco2)cc1. The number of anilines is 1. The lowest BCUT2D eigenvalue weighted by atomic mass is 10.2. The van der Waals surface area contributed by atoms with Gasteiger partial charge in [0.05, 0.1) is 31.5 Å². The van der Waals surface area contributed by atoms with Crippen molar-refractivity contribution >= 4 is 23.6 Å². The predicted molar refractivity (Wildman–Crippen MR) is 94.6 cm³/mol. The Morgan fingerprint density at radius 2 is 1.85 bits per heavy atom. The highest BCUT2D eigenvalue weighted by Gasteiger charge is 2.09. The lowest BCUT2D eigenvalue weighted by molar-refractivity contribution is -0.120. The van der Waals surface area contributed by atoms with Gasteiger partial charge < -0.3 is 25.1 Å². The van der Waals surface area contributed by atoms with Crippen LogP contribution < -0.4 is 16.0 Å². The molecule has 0 radical (unpaired) electrons. The second-order valence-electron chi connectivity index (χ2n) is 5.38. The van der Waals surface area contributed by atoms with Crippen molar-refractivity contribution in [3.63, 3.8) is 0 Å². The monoisotopic (exact) mass is 359 g/mol. The Labute approximate surface area is 150 Å². The first-order valence-corrected chi connectivity index (χ1v) is 8.19. The Morgan fingerprint density at radius 3 is 2.50 bits per heavy atom. The first kappa shape index (κ1) is 19.0. The van der Waals surface area contributed by atoms with E-state index in [4.69, 9.17) is 9.15 Å². The zero-order chi connectivity index (χ0) is 18.8. The second kappa shape index (κ2) is 9.87. The van der Waals surface area contributed by atoms with Crippen LogP contribution in [-0.4, -0.2) is 31.1 Å². The maximum Gasteiger partial charge on any atom is 0.338 e. The van der Waals surface area contributed by atoms with Crippen molar-refractivity contribution in [2.24, 2.45) is 0 Å². The molecule has 0 atom stereocenters. The molecule has 1 heterocycles. The van der Waals surface area contributed by atoms with Crippen LogP contribution in [0.1, 0.15) is 29.5 Å². The number of rotatable bonds is 8. The molecule has 0 bridgehead atoms. The Kier molecular flexibility index (Phi) is 7.23. The van der Waals surface area contributed by atoms with Gasteiger partial charge in [-0.15, -0.1) is 0 Å². The highest BCUT2D eigenvalue weighted by molar-refractivity contribution is 5.93. The standard InChI is InChI=1S/C18H21N3O5/c1-2-9-26-17(23)13-5-7-14(8-6-13)21-18(24)20-12-16(22)19-11-15-4-3-10-25-15/h3-8,10H,2,9,11-12H2,1H3,(H,19,22)(H2,20,21,24). The molecule has 1 aromatic carbocycles. The van der Waals surface area contributed by atoms with Gasteiger partial charge in [-0.3, -0.25) is 4.79 Å². The molecule has 0 saturated carbocycles. The van der Waals surface area contributed by atoms with Crippen LogP contribution in [0, 0.1) is 0 Å². The minimum Gasteiger partial charge on any atom is -0.467 e. The quantitative estimate of drug-likeness (QED) is 0.627. The van der Waals surface area contributed by atoms with Crippen LogP contribution in [-0.2, 0) is 16.1 Å². The Bertz CT molecular complexity index is 726. The summed E-state index contributed by atoms with van der Waals surface area (Å²) in [4.78, 5) is 35.1. The van der Waals surface area contributed by atoms with Crippen LogP contribution in [0.3, 0.4) is 0 Å². The molecule has 0 aliphatic carbocycles. The van der Waals surface area contributed by atoms with Crippen molar-refractivity contribution in [1.82, 2.24) is 10.6 Å². The van der Waals surface area contributed by atoms with Gasteiger partial charge in [0.1, 0.15) is 5.76 Å². The number of nitrogens with one attached hydrogen (secondary N) is 3. The maximum absolute atomic E-state index is 11.8. The summed E-state index contributed by atoms with van der Waals surface area (Å²) in [5.74, 6) is -0.123. The molecule has 2 rings (SSSR count). The van der Waals surface area contributed by atoms with Crippen molar-refractivity contribution < 1.29 is 23.5 Å². The van der Waals surface area contributed by atoms with Gasteiger partial charge in [-0.2, -0.15) is 0 Å². The van der Waals surface area contributed by atoms with Gasteiger partial charge >= 0.3 is 12.0 Å². The van der Waals surface area contributed by atoms with Gasteiger partial charge in [-0.05, 0) is 42.8 Å². The van der Waals surface area contributed by atoms with E-state index in [0.717, 1.165) is 6.42 Å². The fourth-order valence-corrected chi connectivity index (χ4v) is 1.96. The number of hydrogen-bond donors (Lipinski definition) is 3. The van der Waals surface area contributed by atoms with Crippen LogP contribution >= 0.6 is 0 Å². The zero-order valence-corrected chi connectivity index (χ0v) is 14.4. The average Bonchev–Trinajstić information content (AvgIpc) is 3.17. The van der Waals surface area contributed by atoms with Crippen molar-refractivity contribution in [1.29, 1.82) is 0 Å².